The summed E-state index contributed by atoms with van der Waals surface area (Å²) in [4.78, 5) is 9.14. The van der Waals surface area contributed by atoms with E-state index in [0.717, 1.165) is 30.3 Å². The third kappa shape index (κ3) is 6.12. The number of aromatic nitrogens is 1. The van der Waals surface area contributed by atoms with Crippen molar-refractivity contribution >= 4 is 17.7 Å². The van der Waals surface area contributed by atoms with Crippen LogP contribution >= 0.6 is 11.8 Å². The highest BCUT2D eigenvalue weighted by molar-refractivity contribution is 7.99. The van der Waals surface area contributed by atoms with Crippen LogP contribution < -0.4 is 10.6 Å². The van der Waals surface area contributed by atoms with E-state index in [9.17, 15) is 0 Å². The largest absolute Gasteiger partial charge is 0.444 e. The fraction of sp³-hybridized carbons (Fsp3) is 0.474. The van der Waals surface area contributed by atoms with Gasteiger partial charge in [-0.05, 0) is 46.1 Å². The number of aryl methyl sites for hydroxylation is 1. The lowest BCUT2D eigenvalue weighted by Gasteiger charge is -2.23. The zero-order valence-corrected chi connectivity index (χ0v) is 16.5. The van der Waals surface area contributed by atoms with Crippen LogP contribution in [-0.2, 0) is 6.54 Å². The molecular weight excluding hydrogens is 332 g/mol. The van der Waals surface area contributed by atoms with Gasteiger partial charge >= 0.3 is 0 Å². The molecule has 0 amide bonds. The molecule has 0 radical (unpaired) electrons. The maximum absolute atomic E-state index is 5.59. The van der Waals surface area contributed by atoms with Gasteiger partial charge in [0.2, 0.25) is 5.89 Å². The number of guanidine groups is 1. The van der Waals surface area contributed by atoms with Crippen molar-refractivity contribution in [1.82, 2.24) is 15.6 Å². The predicted octanol–water partition coefficient (Wildman–Crippen LogP) is 3.85. The predicted molar refractivity (Wildman–Crippen MR) is 107 cm³/mol. The van der Waals surface area contributed by atoms with E-state index in [-0.39, 0.29) is 4.75 Å². The van der Waals surface area contributed by atoms with Crippen molar-refractivity contribution in [2.75, 3.05) is 19.3 Å². The molecule has 0 bridgehead atoms. The first-order chi connectivity index (χ1) is 11.9. The van der Waals surface area contributed by atoms with Gasteiger partial charge in [-0.1, -0.05) is 17.7 Å². The van der Waals surface area contributed by atoms with Crippen molar-refractivity contribution < 1.29 is 4.42 Å². The van der Waals surface area contributed by atoms with Gasteiger partial charge < -0.3 is 15.1 Å². The van der Waals surface area contributed by atoms with Gasteiger partial charge in [0.15, 0.2) is 5.96 Å². The summed E-state index contributed by atoms with van der Waals surface area (Å²) in [7, 11) is 0. The van der Waals surface area contributed by atoms with Crippen molar-refractivity contribution in [1.29, 1.82) is 0 Å². The molecule has 25 heavy (non-hydrogen) atoms. The van der Waals surface area contributed by atoms with Crippen LogP contribution in [0.25, 0.3) is 11.5 Å². The van der Waals surface area contributed by atoms with Crippen LogP contribution in [0.2, 0.25) is 0 Å². The molecule has 0 saturated heterocycles. The van der Waals surface area contributed by atoms with Gasteiger partial charge in [0.05, 0.1) is 6.54 Å². The van der Waals surface area contributed by atoms with Gasteiger partial charge in [0, 0.05) is 23.4 Å². The molecular formula is C19H28N4OS. The number of rotatable bonds is 7. The number of hydrogen-bond donors (Lipinski definition) is 2. The molecule has 0 aliphatic rings. The molecule has 2 N–H and O–H groups in total. The summed E-state index contributed by atoms with van der Waals surface area (Å²) in [5.41, 5.74) is 3.01. The molecule has 0 unspecified atom stereocenters. The summed E-state index contributed by atoms with van der Waals surface area (Å²) in [6.07, 6.45) is 3.79. The summed E-state index contributed by atoms with van der Waals surface area (Å²) >= 11 is 1.83. The zero-order chi connectivity index (χ0) is 18.3. The van der Waals surface area contributed by atoms with Crippen LogP contribution in [0.5, 0.6) is 0 Å². The molecule has 5 nitrogen and oxygen atoms in total. The Morgan fingerprint density at radius 1 is 1.24 bits per heavy atom. The van der Waals surface area contributed by atoms with E-state index in [4.69, 9.17) is 4.42 Å². The van der Waals surface area contributed by atoms with Crippen LogP contribution in [0.15, 0.2) is 39.9 Å². The molecule has 0 atom stereocenters. The Bertz CT molecular complexity index is 692. The summed E-state index contributed by atoms with van der Waals surface area (Å²) in [6, 6.07) is 8.14. The van der Waals surface area contributed by atoms with E-state index < -0.39 is 0 Å². The zero-order valence-electron chi connectivity index (χ0n) is 15.7. The highest BCUT2D eigenvalue weighted by Crippen LogP contribution is 2.20. The lowest BCUT2D eigenvalue weighted by atomic mass is 10.1. The summed E-state index contributed by atoms with van der Waals surface area (Å²) in [5.74, 6) is 1.43. The van der Waals surface area contributed by atoms with Crippen LogP contribution in [-0.4, -0.2) is 35.0 Å². The second-order valence-electron chi connectivity index (χ2n) is 6.52. The highest BCUT2D eigenvalue weighted by atomic mass is 32.2. The van der Waals surface area contributed by atoms with Gasteiger partial charge in [-0.2, -0.15) is 11.8 Å². The van der Waals surface area contributed by atoms with Crippen LogP contribution in [0, 0.1) is 6.92 Å². The van der Waals surface area contributed by atoms with Crippen molar-refractivity contribution in [2.45, 2.75) is 39.0 Å². The van der Waals surface area contributed by atoms with Crippen molar-refractivity contribution in [3.05, 3.63) is 41.8 Å². The van der Waals surface area contributed by atoms with E-state index in [1.807, 2.05) is 23.9 Å². The van der Waals surface area contributed by atoms with Crippen LogP contribution in [0.3, 0.4) is 0 Å². The molecule has 2 rings (SSSR count). The highest BCUT2D eigenvalue weighted by Gasteiger charge is 2.16. The molecule has 0 aliphatic heterocycles. The lowest BCUT2D eigenvalue weighted by Crippen LogP contribution is -2.43. The van der Waals surface area contributed by atoms with Crippen LogP contribution in [0.4, 0.5) is 0 Å². The number of nitrogens with zero attached hydrogens (tertiary/aromatic N) is 2. The smallest absolute Gasteiger partial charge is 0.226 e. The van der Waals surface area contributed by atoms with Gasteiger partial charge in [0.25, 0.3) is 0 Å². The molecule has 2 aromatic rings. The Balaban J connectivity index is 2.01. The van der Waals surface area contributed by atoms with Gasteiger partial charge in [-0.15, -0.1) is 0 Å². The third-order valence-electron chi connectivity index (χ3n) is 3.83. The van der Waals surface area contributed by atoms with Gasteiger partial charge in [-0.3, -0.25) is 0 Å². The standard InChI is InChI=1S/C19H28N4OS/c1-6-20-18(22-13-19(3,4)25-5)21-11-16-12-24-17(23-16)15-9-7-14(2)8-10-15/h7-10,12H,6,11,13H2,1-5H3,(H2,20,21,22). The first kappa shape index (κ1) is 19.4. The molecule has 0 spiro atoms. The average Bonchev–Trinajstić information content (AvgIpc) is 3.07. The summed E-state index contributed by atoms with van der Waals surface area (Å²) in [5, 5.41) is 6.65. The second-order valence-corrected chi connectivity index (χ2v) is 8.04. The van der Waals surface area contributed by atoms with Crippen molar-refractivity contribution in [3.8, 4) is 11.5 Å². The monoisotopic (exact) mass is 360 g/mol. The Labute approximate surface area is 154 Å². The van der Waals surface area contributed by atoms with E-state index in [1.54, 1.807) is 6.26 Å². The summed E-state index contributed by atoms with van der Waals surface area (Å²) in [6.45, 7) is 10.7. The topological polar surface area (TPSA) is 62.5 Å². The number of nitrogens with one attached hydrogen (secondary N) is 2. The minimum Gasteiger partial charge on any atom is -0.444 e. The lowest BCUT2D eigenvalue weighted by molar-refractivity contribution is 0.572. The van der Waals surface area contributed by atoms with E-state index in [2.05, 4.69) is 66.7 Å². The minimum absolute atomic E-state index is 0.155. The molecule has 136 valence electrons. The normalized spacial score (nSPS) is 12.3. The molecule has 1 aromatic carbocycles. The molecule has 0 fully saturated rings. The van der Waals surface area contributed by atoms with E-state index in [0.29, 0.717) is 12.4 Å². The maximum Gasteiger partial charge on any atom is 0.226 e. The minimum atomic E-state index is 0.155. The Hall–Kier alpha value is -1.95. The second kappa shape index (κ2) is 8.94. The number of hydrogen-bond acceptors (Lipinski definition) is 4. The first-order valence-corrected chi connectivity index (χ1v) is 9.75. The quantitative estimate of drug-likeness (QED) is 0.580. The number of benzene rings is 1. The SMILES string of the molecule is CCNC(=NCc1coc(-c2ccc(C)cc2)n1)NCC(C)(C)SC. The Morgan fingerprint density at radius 2 is 1.96 bits per heavy atom. The van der Waals surface area contributed by atoms with Gasteiger partial charge in [-0.25, -0.2) is 9.98 Å². The Morgan fingerprint density at radius 3 is 2.60 bits per heavy atom. The number of oxazole rings is 1. The molecule has 1 heterocycles. The van der Waals surface area contributed by atoms with Crippen molar-refractivity contribution in [3.63, 3.8) is 0 Å². The van der Waals surface area contributed by atoms with E-state index >= 15 is 0 Å². The summed E-state index contributed by atoms with van der Waals surface area (Å²) < 4.78 is 5.75. The average molecular weight is 361 g/mol. The van der Waals surface area contributed by atoms with Crippen molar-refractivity contribution in [2.24, 2.45) is 4.99 Å². The van der Waals surface area contributed by atoms with Crippen LogP contribution in [0.1, 0.15) is 32.0 Å². The fourth-order valence-corrected chi connectivity index (χ4v) is 2.30. The van der Waals surface area contributed by atoms with Gasteiger partial charge in [0.1, 0.15) is 12.0 Å². The Kier molecular flexibility index (Phi) is 6.93. The fourth-order valence-electron chi connectivity index (χ4n) is 2.08. The maximum atomic E-state index is 5.59. The molecule has 6 heteroatoms. The molecule has 0 aliphatic carbocycles. The third-order valence-corrected chi connectivity index (χ3v) is 5.08. The molecule has 1 aromatic heterocycles. The van der Waals surface area contributed by atoms with E-state index in [1.165, 1.54) is 5.56 Å². The first-order valence-electron chi connectivity index (χ1n) is 8.52. The number of aliphatic imine (C=N–C) groups is 1. The number of thioether (sulfide) groups is 1. The molecule has 0 saturated carbocycles.